The van der Waals surface area contributed by atoms with E-state index in [2.05, 4.69) is 4.98 Å². The molecule has 0 fully saturated rings. The molecule has 3 rings (SSSR count). The maximum absolute atomic E-state index is 12.2. The van der Waals surface area contributed by atoms with E-state index in [1.165, 1.54) is 0 Å². The molecule has 1 aromatic heterocycles. The van der Waals surface area contributed by atoms with Crippen LogP contribution >= 0.6 is 0 Å². The summed E-state index contributed by atoms with van der Waals surface area (Å²) < 4.78 is 13.2. The Kier molecular flexibility index (Phi) is 3.74. The maximum Gasteiger partial charge on any atom is 0.339 e. The van der Waals surface area contributed by atoms with Crippen LogP contribution in [0.25, 0.3) is 0 Å². The standard InChI is InChI=1S/C17H20N2O3/c1-4-21-10-12-9-18-11-19(12)15-13-7-5-6-8-14(13)16(20)22-17(15,2)3/h5-9,11,15H,4,10H2,1-3H3/t15-/m0/s1. The van der Waals surface area contributed by atoms with Gasteiger partial charge in [0.25, 0.3) is 0 Å². The monoisotopic (exact) mass is 300 g/mol. The summed E-state index contributed by atoms with van der Waals surface area (Å²) in [6, 6.07) is 7.45. The molecule has 116 valence electrons. The van der Waals surface area contributed by atoms with Crippen molar-refractivity contribution in [2.75, 3.05) is 6.61 Å². The molecule has 0 saturated carbocycles. The van der Waals surface area contributed by atoms with Gasteiger partial charge in [-0.05, 0) is 32.4 Å². The molecule has 0 aliphatic carbocycles. The average molecular weight is 300 g/mol. The second-order valence-electron chi connectivity index (χ2n) is 5.91. The van der Waals surface area contributed by atoms with E-state index in [0.717, 1.165) is 11.3 Å². The number of carbonyl (C=O) groups is 1. The van der Waals surface area contributed by atoms with E-state index in [-0.39, 0.29) is 12.0 Å². The van der Waals surface area contributed by atoms with E-state index in [9.17, 15) is 4.79 Å². The summed E-state index contributed by atoms with van der Waals surface area (Å²) in [5, 5.41) is 0. The Morgan fingerprint density at radius 3 is 2.91 bits per heavy atom. The van der Waals surface area contributed by atoms with E-state index in [0.29, 0.717) is 18.8 Å². The van der Waals surface area contributed by atoms with Crippen LogP contribution in [0.1, 0.15) is 48.4 Å². The van der Waals surface area contributed by atoms with Crippen LogP contribution in [0.3, 0.4) is 0 Å². The topological polar surface area (TPSA) is 53.4 Å². The molecule has 0 N–H and O–H groups in total. The van der Waals surface area contributed by atoms with Crippen molar-refractivity contribution in [1.29, 1.82) is 0 Å². The van der Waals surface area contributed by atoms with E-state index < -0.39 is 5.60 Å². The van der Waals surface area contributed by atoms with Crippen molar-refractivity contribution >= 4 is 5.97 Å². The number of rotatable bonds is 4. The number of nitrogens with zero attached hydrogens (tertiary/aromatic N) is 2. The number of aromatic nitrogens is 2. The number of esters is 1. The molecule has 0 spiro atoms. The summed E-state index contributed by atoms with van der Waals surface area (Å²) in [5.74, 6) is -0.275. The molecule has 5 heteroatoms. The summed E-state index contributed by atoms with van der Waals surface area (Å²) in [6.07, 6.45) is 3.57. The Bertz CT molecular complexity index is 691. The molecule has 0 radical (unpaired) electrons. The average Bonchev–Trinajstić information content (AvgIpc) is 2.92. The second kappa shape index (κ2) is 5.57. The van der Waals surface area contributed by atoms with Gasteiger partial charge in [-0.3, -0.25) is 0 Å². The summed E-state index contributed by atoms with van der Waals surface area (Å²) >= 11 is 0. The summed E-state index contributed by atoms with van der Waals surface area (Å²) in [5.41, 5.74) is 1.88. The fraction of sp³-hybridized carbons (Fsp3) is 0.412. The number of carbonyl (C=O) groups excluding carboxylic acids is 1. The van der Waals surface area contributed by atoms with Crippen LogP contribution in [-0.4, -0.2) is 27.7 Å². The lowest BCUT2D eigenvalue weighted by Crippen LogP contribution is -2.44. The van der Waals surface area contributed by atoms with E-state index >= 15 is 0 Å². The second-order valence-corrected chi connectivity index (χ2v) is 5.91. The smallest absolute Gasteiger partial charge is 0.339 e. The summed E-state index contributed by atoms with van der Waals surface area (Å²) in [4.78, 5) is 16.5. The largest absolute Gasteiger partial charge is 0.453 e. The Balaban J connectivity index is 2.10. The maximum atomic E-state index is 12.2. The van der Waals surface area contributed by atoms with Gasteiger partial charge in [-0.1, -0.05) is 18.2 Å². The molecule has 0 saturated heterocycles. The molecule has 0 unspecified atom stereocenters. The van der Waals surface area contributed by atoms with Crippen molar-refractivity contribution in [3.8, 4) is 0 Å². The Morgan fingerprint density at radius 1 is 1.36 bits per heavy atom. The summed E-state index contributed by atoms with van der Waals surface area (Å²) in [6.45, 7) is 6.94. The van der Waals surface area contributed by atoms with Crippen LogP contribution in [0.2, 0.25) is 0 Å². The molecule has 22 heavy (non-hydrogen) atoms. The summed E-state index contributed by atoms with van der Waals surface area (Å²) in [7, 11) is 0. The van der Waals surface area contributed by atoms with Crippen LogP contribution in [0.4, 0.5) is 0 Å². The number of hydrogen-bond donors (Lipinski definition) is 0. The van der Waals surface area contributed by atoms with Crippen molar-refractivity contribution in [2.45, 2.75) is 39.0 Å². The van der Waals surface area contributed by atoms with Crippen molar-refractivity contribution in [3.05, 3.63) is 53.6 Å². The number of benzene rings is 1. The highest BCUT2D eigenvalue weighted by atomic mass is 16.6. The Labute approximate surface area is 129 Å². The molecule has 0 bridgehead atoms. The lowest BCUT2D eigenvalue weighted by molar-refractivity contribution is -0.0272. The highest BCUT2D eigenvalue weighted by molar-refractivity contribution is 5.93. The minimum Gasteiger partial charge on any atom is -0.453 e. The number of ether oxygens (including phenoxy) is 2. The Hall–Kier alpha value is -2.14. The zero-order valence-corrected chi connectivity index (χ0v) is 13.1. The number of cyclic esters (lactones) is 1. The predicted octanol–water partition coefficient (Wildman–Crippen LogP) is 2.96. The minimum atomic E-state index is -0.660. The third kappa shape index (κ3) is 2.41. The van der Waals surface area contributed by atoms with Gasteiger partial charge in [0.1, 0.15) is 5.60 Å². The van der Waals surface area contributed by atoms with Gasteiger partial charge in [0, 0.05) is 6.61 Å². The third-order valence-corrected chi connectivity index (χ3v) is 3.97. The zero-order valence-electron chi connectivity index (χ0n) is 13.1. The molecule has 1 aliphatic heterocycles. The van der Waals surface area contributed by atoms with Gasteiger partial charge in [-0.25, -0.2) is 9.78 Å². The SMILES string of the molecule is CCOCc1cncn1[C@H]1c2ccccc2C(=O)OC1(C)C. The molecule has 0 amide bonds. The normalized spacial score (nSPS) is 19.6. The molecule has 2 aromatic rings. The van der Waals surface area contributed by atoms with Crippen LogP contribution in [0.5, 0.6) is 0 Å². The zero-order chi connectivity index (χ0) is 15.7. The quantitative estimate of drug-likeness (QED) is 0.815. The fourth-order valence-electron chi connectivity index (χ4n) is 3.01. The van der Waals surface area contributed by atoms with Crippen molar-refractivity contribution in [1.82, 2.24) is 9.55 Å². The van der Waals surface area contributed by atoms with E-state index in [4.69, 9.17) is 9.47 Å². The lowest BCUT2D eigenvalue weighted by atomic mass is 9.85. The van der Waals surface area contributed by atoms with Gasteiger partial charge in [-0.15, -0.1) is 0 Å². The molecule has 1 aliphatic rings. The van der Waals surface area contributed by atoms with Crippen molar-refractivity contribution < 1.29 is 14.3 Å². The first-order valence-corrected chi connectivity index (χ1v) is 7.45. The van der Waals surface area contributed by atoms with Gasteiger partial charge in [0.15, 0.2) is 0 Å². The van der Waals surface area contributed by atoms with Crippen molar-refractivity contribution in [2.24, 2.45) is 0 Å². The highest BCUT2D eigenvalue weighted by Crippen LogP contribution is 2.40. The first-order chi connectivity index (χ1) is 10.5. The number of hydrogen-bond acceptors (Lipinski definition) is 4. The lowest BCUT2D eigenvalue weighted by Gasteiger charge is -2.40. The van der Waals surface area contributed by atoms with Gasteiger partial charge in [-0.2, -0.15) is 0 Å². The van der Waals surface area contributed by atoms with Crippen LogP contribution in [-0.2, 0) is 16.1 Å². The number of fused-ring (bicyclic) bond motifs is 1. The predicted molar refractivity (Wildman–Crippen MR) is 81.6 cm³/mol. The molecule has 1 aromatic carbocycles. The van der Waals surface area contributed by atoms with Crippen LogP contribution in [0.15, 0.2) is 36.8 Å². The molecule has 2 heterocycles. The van der Waals surface area contributed by atoms with Crippen molar-refractivity contribution in [3.63, 3.8) is 0 Å². The Morgan fingerprint density at radius 2 is 2.14 bits per heavy atom. The van der Waals surface area contributed by atoms with E-state index in [1.807, 2.05) is 43.5 Å². The van der Waals surface area contributed by atoms with E-state index in [1.54, 1.807) is 18.6 Å². The molecular weight excluding hydrogens is 280 g/mol. The van der Waals surface area contributed by atoms with Gasteiger partial charge in [0.2, 0.25) is 0 Å². The minimum absolute atomic E-state index is 0.126. The first-order valence-electron chi connectivity index (χ1n) is 7.45. The number of imidazole rings is 1. The van der Waals surface area contributed by atoms with Gasteiger partial charge < -0.3 is 14.0 Å². The molecule has 5 nitrogen and oxygen atoms in total. The first kappa shape index (κ1) is 14.8. The third-order valence-electron chi connectivity index (χ3n) is 3.97. The van der Waals surface area contributed by atoms with Gasteiger partial charge in [0.05, 0.1) is 36.4 Å². The van der Waals surface area contributed by atoms with Crippen LogP contribution < -0.4 is 0 Å². The molecule has 1 atom stereocenters. The molecular formula is C17H20N2O3. The van der Waals surface area contributed by atoms with Crippen LogP contribution in [0, 0.1) is 0 Å². The fourth-order valence-corrected chi connectivity index (χ4v) is 3.01. The highest BCUT2D eigenvalue weighted by Gasteiger charge is 2.43. The van der Waals surface area contributed by atoms with Gasteiger partial charge >= 0.3 is 5.97 Å².